The van der Waals surface area contributed by atoms with E-state index >= 15 is 0 Å². The zero-order chi connectivity index (χ0) is 18.0. The van der Waals surface area contributed by atoms with Gasteiger partial charge in [-0.3, -0.25) is 4.90 Å². The number of piperidine rings is 1. The highest BCUT2D eigenvalue weighted by atomic mass is 16.6. The standard InChI is InChI=1S/C11H21NO3.C9H9N/c1-11(2,3)15-10(13)12-8-6-5-7-9(12)14-4;1-2-8-7-3-4-10-9(8)5-6(1)7/h9H,5-8H2,1-4H3;1-2,5,7,10H,3-4H2. The average molecular weight is 346 g/mol. The number of methoxy groups -OCH3 is 1. The first kappa shape index (κ1) is 18.1. The molecule has 5 nitrogen and oxygen atoms in total. The molecule has 0 saturated carbocycles. The Bertz CT molecular complexity index is 613. The summed E-state index contributed by atoms with van der Waals surface area (Å²) in [6, 6.07) is 0. The number of carbonyl (C=O) groups is 1. The zero-order valence-electron chi connectivity index (χ0n) is 15.8. The fourth-order valence-electron chi connectivity index (χ4n) is 3.78. The van der Waals surface area contributed by atoms with Crippen LogP contribution in [0.15, 0.2) is 35.1 Å². The van der Waals surface area contributed by atoms with Crippen LogP contribution in [0.4, 0.5) is 4.79 Å². The highest BCUT2D eigenvalue weighted by molar-refractivity contribution is 5.68. The number of ether oxygens (including phenoxy) is 2. The first-order chi connectivity index (χ1) is 11.9. The number of carbonyl (C=O) groups excluding carboxylic acids is 1. The van der Waals surface area contributed by atoms with Crippen molar-refractivity contribution in [3.63, 3.8) is 0 Å². The lowest BCUT2D eigenvalue weighted by molar-refractivity contribution is -0.0649. The van der Waals surface area contributed by atoms with E-state index in [1.165, 1.54) is 23.3 Å². The first-order valence-electron chi connectivity index (χ1n) is 9.29. The number of hydrogen-bond acceptors (Lipinski definition) is 4. The molecule has 0 radical (unpaired) electrons. The molecule has 0 aromatic heterocycles. The van der Waals surface area contributed by atoms with Crippen LogP contribution in [0.2, 0.25) is 0 Å². The largest absolute Gasteiger partial charge is 0.444 e. The van der Waals surface area contributed by atoms with Crippen molar-refractivity contribution in [2.75, 3.05) is 20.2 Å². The molecule has 25 heavy (non-hydrogen) atoms. The summed E-state index contributed by atoms with van der Waals surface area (Å²) in [6.07, 6.45) is 10.7. The predicted octanol–water partition coefficient (Wildman–Crippen LogP) is 3.74. The van der Waals surface area contributed by atoms with Crippen LogP contribution in [0.3, 0.4) is 0 Å². The maximum absolute atomic E-state index is 11.8. The van der Waals surface area contributed by atoms with E-state index in [1.807, 2.05) is 20.8 Å². The Morgan fingerprint density at radius 2 is 2.04 bits per heavy atom. The average Bonchev–Trinajstić information content (AvgIpc) is 3.06. The van der Waals surface area contributed by atoms with Crippen LogP contribution in [0.5, 0.6) is 0 Å². The molecule has 0 spiro atoms. The minimum atomic E-state index is -0.438. The Labute approximate surface area is 150 Å². The number of rotatable bonds is 1. The first-order valence-corrected chi connectivity index (χ1v) is 9.29. The molecular weight excluding hydrogens is 316 g/mol. The van der Waals surface area contributed by atoms with Crippen molar-refractivity contribution < 1.29 is 14.3 Å². The summed E-state index contributed by atoms with van der Waals surface area (Å²) in [4.78, 5) is 13.5. The summed E-state index contributed by atoms with van der Waals surface area (Å²) >= 11 is 0. The van der Waals surface area contributed by atoms with Crippen LogP contribution in [0.25, 0.3) is 0 Å². The van der Waals surface area contributed by atoms with Gasteiger partial charge in [0, 0.05) is 31.8 Å². The molecule has 4 aliphatic rings. The summed E-state index contributed by atoms with van der Waals surface area (Å²) in [5, 5.41) is 3.39. The highest BCUT2D eigenvalue weighted by Gasteiger charge is 2.32. The van der Waals surface area contributed by atoms with Crippen LogP contribution in [-0.2, 0) is 9.47 Å². The highest BCUT2D eigenvalue weighted by Crippen LogP contribution is 2.42. The zero-order valence-corrected chi connectivity index (χ0v) is 15.8. The van der Waals surface area contributed by atoms with Crippen LogP contribution in [-0.4, -0.2) is 43.0 Å². The maximum atomic E-state index is 11.8. The molecule has 4 rings (SSSR count). The van der Waals surface area contributed by atoms with Gasteiger partial charge in [0.15, 0.2) is 0 Å². The molecule has 0 aromatic carbocycles. The molecule has 2 aliphatic carbocycles. The van der Waals surface area contributed by atoms with Gasteiger partial charge in [0.2, 0.25) is 0 Å². The van der Waals surface area contributed by atoms with Gasteiger partial charge in [-0.1, -0.05) is 12.2 Å². The second kappa shape index (κ2) is 7.24. The second-order valence-electron chi connectivity index (χ2n) is 7.97. The molecule has 2 aliphatic heterocycles. The molecule has 2 heterocycles. The van der Waals surface area contributed by atoms with Crippen molar-refractivity contribution in [2.45, 2.75) is 58.3 Å². The molecule has 0 aromatic rings. The molecule has 5 heteroatoms. The van der Waals surface area contributed by atoms with Crippen molar-refractivity contribution in [1.29, 1.82) is 0 Å². The molecule has 1 amide bonds. The van der Waals surface area contributed by atoms with Gasteiger partial charge in [-0.2, -0.15) is 0 Å². The summed E-state index contributed by atoms with van der Waals surface area (Å²) in [5.74, 6) is 0.774. The number of hydrogen-bond donors (Lipinski definition) is 1. The lowest BCUT2D eigenvalue weighted by Gasteiger charge is -2.35. The molecule has 2 atom stereocenters. The lowest BCUT2D eigenvalue weighted by Crippen LogP contribution is -2.46. The monoisotopic (exact) mass is 346 g/mol. The summed E-state index contributed by atoms with van der Waals surface area (Å²) < 4.78 is 10.6. The van der Waals surface area contributed by atoms with E-state index < -0.39 is 5.60 Å². The number of likely N-dealkylation sites (tertiary alicyclic amines) is 1. The third kappa shape index (κ3) is 4.09. The van der Waals surface area contributed by atoms with E-state index in [4.69, 9.17) is 9.47 Å². The van der Waals surface area contributed by atoms with Crippen LogP contribution in [0, 0.1) is 5.92 Å². The van der Waals surface area contributed by atoms with Gasteiger partial charge >= 0.3 is 6.09 Å². The van der Waals surface area contributed by atoms with Gasteiger partial charge in [-0.05, 0) is 63.7 Å². The van der Waals surface area contributed by atoms with E-state index in [0.717, 1.165) is 38.3 Å². The van der Waals surface area contributed by atoms with Crippen LogP contribution >= 0.6 is 0 Å². The minimum Gasteiger partial charge on any atom is -0.444 e. The number of nitrogens with zero attached hydrogens (tertiary/aromatic N) is 1. The van der Waals surface area contributed by atoms with Crippen molar-refractivity contribution in [3.05, 3.63) is 35.1 Å². The van der Waals surface area contributed by atoms with Gasteiger partial charge in [0.25, 0.3) is 0 Å². The van der Waals surface area contributed by atoms with Crippen LogP contribution < -0.4 is 5.32 Å². The molecule has 1 N–H and O–H groups in total. The van der Waals surface area contributed by atoms with Gasteiger partial charge in [0.1, 0.15) is 11.8 Å². The van der Waals surface area contributed by atoms with Gasteiger partial charge < -0.3 is 14.8 Å². The number of nitrogens with one attached hydrogen (secondary N) is 1. The quantitative estimate of drug-likeness (QED) is 0.786. The van der Waals surface area contributed by atoms with E-state index in [9.17, 15) is 4.79 Å². The molecule has 1 saturated heterocycles. The third-order valence-corrected chi connectivity index (χ3v) is 4.95. The van der Waals surface area contributed by atoms with Crippen molar-refractivity contribution in [1.82, 2.24) is 10.2 Å². The van der Waals surface area contributed by atoms with Crippen molar-refractivity contribution >= 4 is 6.09 Å². The molecule has 4 bridgehead atoms. The maximum Gasteiger partial charge on any atom is 0.412 e. The Hall–Kier alpha value is -1.75. The molecule has 138 valence electrons. The van der Waals surface area contributed by atoms with Gasteiger partial charge in [0.05, 0.1) is 0 Å². The van der Waals surface area contributed by atoms with E-state index in [-0.39, 0.29) is 12.3 Å². The van der Waals surface area contributed by atoms with Crippen LogP contribution in [0.1, 0.15) is 46.5 Å². The van der Waals surface area contributed by atoms with Crippen molar-refractivity contribution in [2.24, 2.45) is 5.92 Å². The number of allylic oxidation sites excluding steroid dienone is 5. The third-order valence-electron chi connectivity index (χ3n) is 4.95. The normalized spacial score (nSPS) is 26.7. The Balaban J connectivity index is 0.000000155. The Morgan fingerprint density at radius 1 is 1.24 bits per heavy atom. The summed E-state index contributed by atoms with van der Waals surface area (Å²) in [7, 11) is 1.63. The minimum absolute atomic E-state index is 0.117. The molecule has 1 fully saturated rings. The Morgan fingerprint density at radius 3 is 2.68 bits per heavy atom. The predicted molar refractivity (Wildman–Crippen MR) is 97.9 cm³/mol. The summed E-state index contributed by atoms with van der Waals surface area (Å²) in [5.41, 5.74) is 4.00. The topological polar surface area (TPSA) is 50.8 Å². The smallest absolute Gasteiger partial charge is 0.412 e. The van der Waals surface area contributed by atoms with E-state index in [2.05, 4.69) is 23.5 Å². The number of amides is 1. The second-order valence-corrected chi connectivity index (χ2v) is 7.97. The Kier molecular flexibility index (Phi) is 5.23. The fraction of sp³-hybridized carbons (Fsp3) is 0.650. The van der Waals surface area contributed by atoms with E-state index in [1.54, 1.807) is 12.0 Å². The van der Waals surface area contributed by atoms with Gasteiger partial charge in [-0.25, -0.2) is 4.79 Å². The fourth-order valence-corrected chi connectivity index (χ4v) is 3.78. The molecular formula is C20H30N2O3. The summed E-state index contributed by atoms with van der Waals surface area (Å²) in [6.45, 7) is 7.50. The van der Waals surface area contributed by atoms with Crippen molar-refractivity contribution in [3.8, 4) is 0 Å². The lowest BCUT2D eigenvalue weighted by atomic mass is 9.97. The molecule has 2 unspecified atom stereocenters. The SMILES string of the molecule is C1=CC2=C3C=C1C2CCN3.COC1CCCCN1C(=O)OC(C)(C)C. The van der Waals surface area contributed by atoms with Gasteiger partial charge in [-0.15, -0.1) is 0 Å². The van der Waals surface area contributed by atoms with E-state index in [0.29, 0.717) is 0 Å².